The van der Waals surface area contributed by atoms with Crippen LogP contribution in [0.25, 0.3) is 5.65 Å². The van der Waals surface area contributed by atoms with Gasteiger partial charge in [-0.2, -0.15) is 0 Å². The van der Waals surface area contributed by atoms with Crippen molar-refractivity contribution in [2.24, 2.45) is 0 Å². The fraction of sp³-hybridized carbons (Fsp3) is 0.286. The number of nitrogens with zero attached hydrogens (tertiary/aromatic N) is 3. The number of halogens is 1. The fourth-order valence-electron chi connectivity index (χ4n) is 2.17. The lowest BCUT2D eigenvalue weighted by atomic mass is 10.2. The van der Waals surface area contributed by atoms with Gasteiger partial charge in [0.05, 0.1) is 0 Å². The molecule has 0 aliphatic heterocycles. The Bertz CT molecular complexity index is 706. The summed E-state index contributed by atoms with van der Waals surface area (Å²) in [4.78, 5) is 1.33. The Kier molecular flexibility index (Phi) is 4.14. The van der Waals surface area contributed by atoms with Gasteiger partial charge in [-0.05, 0) is 46.4 Å². The highest BCUT2D eigenvalue weighted by Crippen LogP contribution is 2.28. The lowest BCUT2D eigenvalue weighted by molar-refractivity contribution is 0.574. The molecule has 0 bridgehead atoms. The Morgan fingerprint density at radius 1 is 1.35 bits per heavy atom. The van der Waals surface area contributed by atoms with E-state index in [-0.39, 0.29) is 0 Å². The third kappa shape index (κ3) is 2.77. The third-order valence-corrected chi connectivity index (χ3v) is 5.28. The van der Waals surface area contributed by atoms with E-state index in [0.717, 1.165) is 24.4 Å². The Labute approximate surface area is 130 Å². The molecular weight excluding hydrogens is 336 g/mol. The summed E-state index contributed by atoms with van der Waals surface area (Å²) in [5.41, 5.74) is 0.900. The number of aromatic nitrogens is 3. The summed E-state index contributed by atoms with van der Waals surface area (Å²) in [6.07, 6.45) is 2.86. The zero-order chi connectivity index (χ0) is 13.9. The summed E-state index contributed by atoms with van der Waals surface area (Å²) in [5, 5.41) is 14.0. The van der Waals surface area contributed by atoms with E-state index in [1.807, 2.05) is 28.8 Å². The molecule has 3 aromatic rings. The molecule has 3 rings (SSSR count). The van der Waals surface area contributed by atoms with Crippen molar-refractivity contribution in [1.82, 2.24) is 19.9 Å². The lowest BCUT2D eigenvalue weighted by Crippen LogP contribution is -2.21. The van der Waals surface area contributed by atoms with Crippen LogP contribution in [0.15, 0.2) is 40.3 Å². The third-order valence-electron chi connectivity index (χ3n) is 3.22. The maximum Gasteiger partial charge on any atom is 0.160 e. The first-order valence-corrected chi connectivity index (χ1v) is 8.18. The van der Waals surface area contributed by atoms with Gasteiger partial charge in [0.15, 0.2) is 5.65 Å². The fourth-order valence-corrected chi connectivity index (χ4v) is 3.92. The normalized spacial score (nSPS) is 12.9. The van der Waals surface area contributed by atoms with Crippen LogP contribution in [0.1, 0.15) is 23.7 Å². The van der Waals surface area contributed by atoms with Crippen LogP contribution in [-0.4, -0.2) is 21.1 Å². The molecule has 0 fully saturated rings. The van der Waals surface area contributed by atoms with Gasteiger partial charge in [0.2, 0.25) is 0 Å². The highest BCUT2D eigenvalue weighted by Gasteiger charge is 2.11. The molecule has 0 aromatic carbocycles. The molecule has 1 unspecified atom stereocenters. The Hall–Kier alpha value is -1.24. The highest BCUT2D eigenvalue weighted by atomic mass is 79.9. The number of rotatable bonds is 5. The van der Waals surface area contributed by atoms with Gasteiger partial charge in [0, 0.05) is 34.6 Å². The average molecular weight is 351 g/mol. The van der Waals surface area contributed by atoms with E-state index in [0.29, 0.717) is 6.04 Å². The summed E-state index contributed by atoms with van der Waals surface area (Å²) in [6.45, 7) is 3.06. The van der Waals surface area contributed by atoms with Crippen molar-refractivity contribution < 1.29 is 0 Å². The van der Waals surface area contributed by atoms with Crippen molar-refractivity contribution in [2.75, 3.05) is 6.54 Å². The van der Waals surface area contributed by atoms with Gasteiger partial charge in [0.25, 0.3) is 0 Å². The van der Waals surface area contributed by atoms with E-state index >= 15 is 0 Å². The van der Waals surface area contributed by atoms with Gasteiger partial charge in [-0.3, -0.25) is 4.40 Å². The van der Waals surface area contributed by atoms with Crippen molar-refractivity contribution in [3.63, 3.8) is 0 Å². The monoisotopic (exact) mass is 350 g/mol. The lowest BCUT2D eigenvalue weighted by Gasteiger charge is -2.12. The van der Waals surface area contributed by atoms with E-state index < -0.39 is 0 Å². The molecule has 6 heteroatoms. The van der Waals surface area contributed by atoms with Crippen LogP contribution in [0.5, 0.6) is 0 Å². The second-order valence-electron chi connectivity index (χ2n) is 4.60. The first-order chi connectivity index (χ1) is 9.75. The molecule has 3 heterocycles. The van der Waals surface area contributed by atoms with Gasteiger partial charge in [0.1, 0.15) is 5.82 Å². The minimum Gasteiger partial charge on any atom is -0.309 e. The predicted molar refractivity (Wildman–Crippen MR) is 85.1 cm³/mol. The quantitative estimate of drug-likeness (QED) is 0.766. The molecule has 1 N–H and O–H groups in total. The van der Waals surface area contributed by atoms with E-state index in [1.54, 1.807) is 11.3 Å². The SMILES string of the molecule is CC(NCCc1nnc2ccccn12)c1sccc1Br. The highest BCUT2D eigenvalue weighted by molar-refractivity contribution is 9.10. The Balaban J connectivity index is 1.61. The van der Waals surface area contributed by atoms with Crippen LogP contribution in [0.2, 0.25) is 0 Å². The molecule has 0 saturated heterocycles. The van der Waals surface area contributed by atoms with Gasteiger partial charge in [-0.25, -0.2) is 0 Å². The van der Waals surface area contributed by atoms with Crippen LogP contribution in [0.3, 0.4) is 0 Å². The van der Waals surface area contributed by atoms with E-state index in [2.05, 4.69) is 49.8 Å². The van der Waals surface area contributed by atoms with Crippen molar-refractivity contribution in [1.29, 1.82) is 0 Å². The zero-order valence-corrected chi connectivity index (χ0v) is 13.5. The van der Waals surface area contributed by atoms with Crippen LogP contribution in [0, 0.1) is 0 Å². The van der Waals surface area contributed by atoms with Crippen LogP contribution in [0.4, 0.5) is 0 Å². The van der Waals surface area contributed by atoms with Crippen LogP contribution < -0.4 is 5.32 Å². The number of hydrogen-bond donors (Lipinski definition) is 1. The molecule has 0 radical (unpaired) electrons. The molecule has 3 aromatic heterocycles. The van der Waals surface area contributed by atoms with Crippen LogP contribution in [-0.2, 0) is 6.42 Å². The molecular formula is C14H15BrN4S. The number of hydrogen-bond acceptors (Lipinski definition) is 4. The van der Waals surface area contributed by atoms with Gasteiger partial charge in [-0.1, -0.05) is 6.07 Å². The maximum atomic E-state index is 4.24. The topological polar surface area (TPSA) is 42.2 Å². The molecule has 0 saturated carbocycles. The average Bonchev–Trinajstić information content (AvgIpc) is 3.05. The summed E-state index contributed by atoms with van der Waals surface area (Å²) in [6, 6.07) is 8.37. The van der Waals surface area contributed by atoms with Crippen molar-refractivity contribution in [3.8, 4) is 0 Å². The summed E-state index contributed by atoms with van der Waals surface area (Å²) in [5.74, 6) is 0.991. The number of thiophene rings is 1. The molecule has 20 heavy (non-hydrogen) atoms. The summed E-state index contributed by atoms with van der Waals surface area (Å²) < 4.78 is 3.21. The van der Waals surface area contributed by atoms with E-state index in [9.17, 15) is 0 Å². The predicted octanol–water partition coefficient (Wildman–Crippen LogP) is 3.45. The van der Waals surface area contributed by atoms with Crippen molar-refractivity contribution in [3.05, 3.63) is 51.0 Å². The number of pyridine rings is 1. The molecule has 0 aliphatic rings. The van der Waals surface area contributed by atoms with Crippen molar-refractivity contribution >= 4 is 32.9 Å². The van der Waals surface area contributed by atoms with Gasteiger partial charge < -0.3 is 5.32 Å². The summed E-state index contributed by atoms with van der Waals surface area (Å²) in [7, 11) is 0. The van der Waals surface area contributed by atoms with Gasteiger partial charge >= 0.3 is 0 Å². The van der Waals surface area contributed by atoms with E-state index in [1.165, 1.54) is 9.35 Å². The minimum absolute atomic E-state index is 0.337. The first-order valence-electron chi connectivity index (χ1n) is 6.50. The van der Waals surface area contributed by atoms with Crippen molar-refractivity contribution in [2.45, 2.75) is 19.4 Å². The minimum atomic E-state index is 0.337. The molecule has 104 valence electrons. The molecule has 0 aliphatic carbocycles. The van der Waals surface area contributed by atoms with Crippen LogP contribution >= 0.6 is 27.3 Å². The zero-order valence-electron chi connectivity index (χ0n) is 11.1. The second kappa shape index (κ2) is 6.03. The maximum absolute atomic E-state index is 4.24. The van der Waals surface area contributed by atoms with Gasteiger partial charge in [-0.15, -0.1) is 21.5 Å². The summed E-state index contributed by atoms with van der Waals surface area (Å²) >= 11 is 5.34. The smallest absolute Gasteiger partial charge is 0.160 e. The molecule has 0 amide bonds. The largest absolute Gasteiger partial charge is 0.309 e. The number of nitrogens with one attached hydrogen (secondary N) is 1. The molecule has 1 atom stereocenters. The molecule has 4 nitrogen and oxygen atoms in total. The second-order valence-corrected chi connectivity index (χ2v) is 6.41. The Morgan fingerprint density at radius 3 is 3.05 bits per heavy atom. The first kappa shape index (κ1) is 13.7. The standard InChI is InChI=1S/C14H15BrN4S/c1-10(14-11(15)6-9-20-14)16-7-5-13-18-17-12-4-2-3-8-19(12)13/h2-4,6,8-10,16H,5,7H2,1H3. The number of fused-ring (bicyclic) bond motifs is 1. The molecule has 0 spiro atoms. The van der Waals surface area contributed by atoms with E-state index in [4.69, 9.17) is 0 Å². The Morgan fingerprint density at radius 2 is 2.25 bits per heavy atom.